The number of allylic oxidation sites excluding steroid dienone is 1. The minimum atomic E-state index is -0.901. The number of carbonyl (C=O) groups excluding carboxylic acids is 1. The topological polar surface area (TPSA) is 88.3 Å². The quantitative estimate of drug-likeness (QED) is 0.608. The smallest absolute Gasteiger partial charge is 0.312 e. The fourth-order valence-electron chi connectivity index (χ4n) is 2.82. The summed E-state index contributed by atoms with van der Waals surface area (Å²) < 4.78 is 5.05. The standard InChI is InChI=1S/C14H14N2O4/c17-7-20-11-6-2-5-10-13(11)16-9-4-1-3-8(14(18)19)12(9)15-10/h1-3,5,7-8,11-13H,4,6H2,(H,18,19)/t8-,11-,12+,13-/m1/s1. The molecule has 1 aliphatic heterocycles. The Morgan fingerprint density at radius 2 is 2.20 bits per heavy atom. The van der Waals surface area contributed by atoms with Crippen LogP contribution in [-0.4, -0.2) is 47.2 Å². The molecule has 0 bridgehead atoms. The second kappa shape index (κ2) is 5.03. The summed E-state index contributed by atoms with van der Waals surface area (Å²) in [6.45, 7) is 0.425. The zero-order chi connectivity index (χ0) is 14.1. The Bertz CT molecular complexity index is 562. The molecule has 0 fully saturated rings. The van der Waals surface area contributed by atoms with Gasteiger partial charge in [-0.25, -0.2) is 0 Å². The second-order valence-corrected chi connectivity index (χ2v) is 4.97. The summed E-state index contributed by atoms with van der Waals surface area (Å²) in [5, 5.41) is 9.24. The molecule has 0 unspecified atom stereocenters. The lowest BCUT2D eigenvalue weighted by atomic mass is 9.85. The van der Waals surface area contributed by atoms with Gasteiger partial charge in [-0.3, -0.25) is 19.6 Å². The maximum Gasteiger partial charge on any atom is 0.312 e. The molecule has 6 nitrogen and oxygen atoms in total. The number of fused-ring (bicyclic) bond motifs is 2. The van der Waals surface area contributed by atoms with Crippen molar-refractivity contribution in [2.24, 2.45) is 15.9 Å². The van der Waals surface area contributed by atoms with Crippen molar-refractivity contribution >= 4 is 23.9 Å². The van der Waals surface area contributed by atoms with Crippen LogP contribution in [0.4, 0.5) is 0 Å². The van der Waals surface area contributed by atoms with Crippen LogP contribution in [0.3, 0.4) is 0 Å². The van der Waals surface area contributed by atoms with Gasteiger partial charge in [0.2, 0.25) is 0 Å². The number of hydrogen-bond acceptors (Lipinski definition) is 5. The molecule has 104 valence electrons. The lowest BCUT2D eigenvalue weighted by Crippen LogP contribution is -2.45. The molecular weight excluding hydrogens is 260 g/mol. The summed E-state index contributed by atoms with van der Waals surface area (Å²) in [6.07, 6.45) is 8.04. The molecule has 0 saturated carbocycles. The molecule has 4 atom stereocenters. The lowest BCUT2D eigenvalue weighted by Gasteiger charge is -2.34. The van der Waals surface area contributed by atoms with Gasteiger partial charge in [0, 0.05) is 18.6 Å². The number of carboxylic acids is 1. The molecule has 0 radical (unpaired) electrons. The van der Waals surface area contributed by atoms with Crippen LogP contribution in [0.5, 0.6) is 0 Å². The highest BCUT2D eigenvalue weighted by atomic mass is 16.5. The largest absolute Gasteiger partial charge is 0.481 e. The molecule has 0 spiro atoms. The van der Waals surface area contributed by atoms with E-state index in [1.165, 1.54) is 0 Å². The van der Waals surface area contributed by atoms with Crippen LogP contribution in [0.2, 0.25) is 0 Å². The number of carboxylic acid groups (broad SMARTS) is 1. The van der Waals surface area contributed by atoms with E-state index in [2.05, 4.69) is 9.98 Å². The van der Waals surface area contributed by atoms with E-state index in [1.807, 2.05) is 18.2 Å². The van der Waals surface area contributed by atoms with E-state index < -0.39 is 17.9 Å². The third-order valence-electron chi connectivity index (χ3n) is 3.77. The number of carbonyl (C=O) groups is 2. The van der Waals surface area contributed by atoms with Gasteiger partial charge in [-0.2, -0.15) is 0 Å². The van der Waals surface area contributed by atoms with Crippen molar-refractivity contribution in [2.45, 2.75) is 31.0 Å². The molecule has 20 heavy (non-hydrogen) atoms. The molecule has 6 heteroatoms. The number of rotatable bonds is 3. The zero-order valence-corrected chi connectivity index (χ0v) is 10.7. The third kappa shape index (κ3) is 2.07. The molecule has 0 aromatic rings. The summed E-state index contributed by atoms with van der Waals surface area (Å²) in [4.78, 5) is 30.9. The van der Waals surface area contributed by atoms with Crippen molar-refractivity contribution < 1.29 is 19.4 Å². The highest BCUT2D eigenvalue weighted by Crippen LogP contribution is 2.28. The number of nitrogens with zero attached hydrogens (tertiary/aromatic N) is 2. The van der Waals surface area contributed by atoms with Gasteiger partial charge in [0.1, 0.15) is 24.1 Å². The van der Waals surface area contributed by atoms with Gasteiger partial charge in [-0.15, -0.1) is 0 Å². The van der Waals surface area contributed by atoms with Gasteiger partial charge in [-0.05, 0) is 6.08 Å². The van der Waals surface area contributed by atoms with Crippen molar-refractivity contribution in [1.29, 1.82) is 0 Å². The Kier molecular flexibility index (Phi) is 3.22. The van der Waals surface area contributed by atoms with E-state index in [0.717, 1.165) is 5.71 Å². The van der Waals surface area contributed by atoms with Crippen LogP contribution in [0.1, 0.15) is 12.8 Å². The van der Waals surface area contributed by atoms with Crippen molar-refractivity contribution in [3.63, 3.8) is 0 Å². The Hall–Kier alpha value is -2.24. The Morgan fingerprint density at radius 3 is 2.95 bits per heavy atom. The number of aliphatic carboxylic acids is 1. The fourth-order valence-corrected chi connectivity index (χ4v) is 2.82. The van der Waals surface area contributed by atoms with Gasteiger partial charge >= 0.3 is 5.97 Å². The van der Waals surface area contributed by atoms with Gasteiger partial charge < -0.3 is 9.84 Å². The Morgan fingerprint density at radius 1 is 1.35 bits per heavy atom. The van der Waals surface area contributed by atoms with E-state index in [1.54, 1.807) is 6.08 Å². The molecule has 0 amide bonds. The second-order valence-electron chi connectivity index (χ2n) is 4.97. The number of ether oxygens (including phenoxy) is 1. The predicted molar refractivity (Wildman–Crippen MR) is 72.0 cm³/mol. The highest BCUT2D eigenvalue weighted by molar-refractivity contribution is 6.08. The normalized spacial score (nSPS) is 34.4. The molecular formula is C14H14N2O4. The minimum absolute atomic E-state index is 0.308. The first-order valence-electron chi connectivity index (χ1n) is 6.50. The van der Waals surface area contributed by atoms with Crippen molar-refractivity contribution in [2.75, 3.05) is 0 Å². The third-order valence-corrected chi connectivity index (χ3v) is 3.77. The average Bonchev–Trinajstić information content (AvgIpc) is 2.45. The van der Waals surface area contributed by atoms with Gasteiger partial charge in [-0.1, -0.05) is 18.2 Å². The first kappa shape index (κ1) is 12.8. The van der Waals surface area contributed by atoms with Gasteiger partial charge in [0.15, 0.2) is 0 Å². The first-order chi connectivity index (χ1) is 9.70. The van der Waals surface area contributed by atoms with E-state index >= 15 is 0 Å². The first-order valence-corrected chi connectivity index (χ1v) is 6.50. The van der Waals surface area contributed by atoms with Crippen LogP contribution in [-0.2, 0) is 14.3 Å². The molecule has 1 N–H and O–H groups in total. The Labute approximate surface area is 115 Å². The molecule has 0 aromatic carbocycles. The lowest BCUT2D eigenvalue weighted by molar-refractivity contribution is -0.140. The summed E-state index contributed by atoms with van der Waals surface area (Å²) >= 11 is 0. The fraction of sp³-hybridized carbons (Fsp3) is 0.429. The van der Waals surface area contributed by atoms with Gasteiger partial charge in [0.25, 0.3) is 6.47 Å². The Balaban J connectivity index is 1.95. The number of aliphatic imine (C=N–C) groups is 2. The molecule has 0 aromatic heterocycles. The van der Waals surface area contributed by atoms with E-state index in [4.69, 9.17) is 4.74 Å². The monoisotopic (exact) mass is 274 g/mol. The summed E-state index contributed by atoms with van der Waals surface area (Å²) in [5.74, 6) is -1.57. The SMILES string of the molecule is O=CO[C@@H]1CC=CC2=N[C@@H]3C(=N[C@H]21)CC=C[C@H]3C(=O)O. The minimum Gasteiger partial charge on any atom is -0.481 e. The molecule has 3 rings (SSSR count). The summed E-state index contributed by atoms with van der Waals surface area (Å²) in [6, 6.07) is -0.749. The van der Waals surface area contributed by atoms with Crippen molar-refractivity contribution in [3.05, 3.63) is 24.3 Å². The van der Waals surface area contributed by atoms with Crippen molar-refractivity contribution in [3.8, 4) is 0 Å². The van der Waals surface area contributed by atoms with E-state index in [-0.39, 0.29) is 12.1 Å². The van der Waals surface area contributed by atoms with Gasteiger partial charge in [0.05, 0.1) is 5.71 Å². The molecule has 1 heterocycles. The summed E-state index contributed by atoms with van der Waals surface area (Å²) in [5.41, 5.74) is 1.45. The van der Waals surface area contributed by atoms with Crippen molar-refractivity contribution in [1.82, 2.24) is 0 Å². The average molecular weight is 274 g/mol. The van der Waals surface area contributed by atoms with E-state index in [0.29, 0.717) is 25.0 Å². The molecule has 3 aliphatic rings. The molecule has 0 saturated heterocycles. The van der Waals surface area contributed by atoms with Crippen LogP contribution >= 0.6 is 0 Å². The maximum absolute atomic E-state index is 11.3. The zero-order valence-electron chi connectivity index (χ0n) is 10.7. The maximum atomic E-state index is 11.3. The van der Waals surface area contributed by atoms with E-state index in [9.17, 15) is 14.7 Å². The van der Waals surface area contributed by atoms with Crippen LogP contribution < -0.4 is 0 Å². The summed E-state index contributed by atoms with van der Waals surface area (Å²) in [7, 11) is 0. The highest BCUT2D eigenvalue weighted by Gasteiger charge is 2.39. The van der Waals surface area contributed by atoms with Crippen LogP contribution in [0, 0.1) is 5.92 Å². The predicted octanol–water partition coefficient (Wildman–Crippen LogP) is 0.781. The number of hydrogen-bond donors (Lipinski definition) is 1. The van der Waals surface area contributed by atoms with Crippen LogP contribution in [0.25, 0.3) is 0 Å². The van der Waals surface area contributed by atoms with Crippen LogP contribution in [0.15, 0.2) is 34.3 Å². The molecule has 2 aliphatic carbocycles.